The lowest BCUT2D eigenvalue weighted by molar-refractivity contribution is 0.102. The standard InChI is InChI=1S/C19H24N2O3S2/c1-4-15-7-9-16(10-8-15)18(22)14-25-19-12-11-17(13-20-19)26(23,24)21(5-2)6-3/h7-13H,4-6,14H2,1-3H3. The summed E-state index contributed by atoms with van der Waals surface area (Å²) in [5.74, 6) is 0.292. The number of sulfonamides is 1. The average Bonchev–Trinajstić information content (AvgIpc) is 2.67. The van der Waals surface area contributed by atoms with Crippen LogP contribution in [0.25, 0.3) is 0 Å². The number of nitrogens with zero attached hydrogens (tertiary/aromatic N) is 2. The fraction of sp³-hybridized carbons (Fsp3) is 0.368. The molecule has 0 saturated carbocycles. The van der Waals surface area contributed by atoms with Gasteiger partial charge in [0.15, 0.2) is 5.78 Å². The van der Waals surface area contributed by atoms with Gasteiger partial charge in [0.1, 0.15) is 4.90 Å². The van der Waals surface area contributed by atoms with Crippen molar-refractivity contribution in [2.45, 2.75) is 37.1 Å². The van der Waals surface area contributed by atoms with Gasteiger partial charge in [0, 0.05) is 24.8 Å². The number of aryl methyl sites for hydroxylation is 1. The molecule has 0 fully saturated rings. The fourth-order valence-corrected chi connectivity index (χ4v) is 4.61. The summed E-state index contributed by atoms with van der Waals surface area (Å²) in [7, 11) is -3.50. The lowest BCUT2D eigenvalue weighted by Gasteiger charge is -2.18. The Kier molecular flexibility index (Phi) is 7.37. The highest BCUT2D eigenvalue weighted by atomic mass is 32.2. The summed E-state index contributed by atoms with van der Waals surface area (Å²) in [5.41, 5.74) is 1.87. The van der Waals surface area contributed by atoms with E-state index in [-0.39, 0.29) is 16.4 Å². The number of hydrogen-bond acceptors (Lipinski definition) is 5. The van der Waals surface area contributed by atoms with Gasteiger partial charge < -0.3 is 0 Å². The number of ketones is 1. The first-order valence-corrected chi connectivity index (χ1v) is 11.1. The van der Waals surface area contributed by atoms with Crippen molar-refractivity contribution in [1.82, 2.24) is 9.29 Å². The van der Waals surface area contributed by atoms with Gasteiger partial charge in [-0.25, -0.2) is 13.4 Å². The van der Waals surface area contributed by atoms with Crippen molar-refractivity contribution in [3.8, 4) is 0 Å². The Morgan fingerprint density at radius 3 is 2.19 bits per heavy atom. The van der Waals surface area contributed by atoms with E-state index in [0.717, 1.165) is 6.42 Å². The molecule has 0 aliphatic heterocycles. The number of carbonyl (C=O) groups is 1. The molecule has 26 heavy (non-hydrogen) atoms. The summed E-state index contributed by atoms with van der Waals surface area (Å²) < 4.78 is 26.3. The van der Waals surface area contributed by atoms with E-state index in [0.29, 0.717) is 23.7 Å². The average molecular weight is 393 g/mol. The number of benzene rings is 1. The molecule has 1 aromatic heterocycles. The minimum Gasteiger partial charge on any atom is -0.293 e. The maximum Gasteiger partial charge on any atom is 0.244 e. The summed E-state index contributed by atoms with van der Waals surface area (Å²) >= 11 is 1.30. The predicted octanol–water partition coefficient (Wildman–Crippen LogP) is 3.65. The van der Waals surface area contributed by atoms with Crippen LogP contribution in [-0.4, -0.2) is 42.3 Å². The second kappa shape index (κ2) is 9.30. The van der Waals surface area contributed by atoms with Crippen LogP contribution in [0, 0.1) is 0 Å². The van der Waals surface area contributed by atoms with Gasteiger partial charge in [-0.2, -0.15) is 4.31 Å². The minimum absolute atomic E-state index is 0.0271. The normalized spacial score (nSPS) is 11.7. The van der Waals surface area contributed by atoms with E-state index in [1.165, 1.54) is 27.8 Å². The van der Waals surface area contributed by atoms with Crippen LogP contribution in [0.2, 0.25) is 0 Å². The SMILES string of the molecule is CCc1ccc(C(=O)CSc2ccc(S(=O)(=O)N(CC)CC)cn2)cc1. The summed E-state index contributed by atoms with van der Waals surface area (Å²) in [6.07, 6.45) is 2.30. The second-order valence-corrected chi connectivity index (χ2v) is 8.62. The Morgan fingerprint density at radius 1 is 1.04 bits per heavy atom. The molecule has 0 radical (unpaired) electrons. The Morgan fingerprint density at radius 2 is 1.69 bits per heavy atom. The van der Waals surface area contributed by atoms with Crippen LogP contribution in [0.5, 0.6) is 0 Å². The summed E-state index contributed by atoms with van der Waals surface area (Å²) in [4.78, 5) is 16.6. The molecule has 2 rings (SSSR count). The molecule has 0 aliphatic carbocycles. The third-order valence-corrected chi connectivity index (χ3v) is 7.06. The molecule has 0 saturated heterocycles. The van der Waals surface area contributed by atoms with Crippen molar-refractivity contribution in [3.63, 3.8) is 0 Å². The Bertz CT molecular complexity index is 828. The minimum atomic E-state index is -3.50. The van der Waals surface area contributed by atoms with E-state index in [2.05, 4.69) is 11.9 Å². The van der Waals surface area contributed by atoms with Crippen LogP contribution >= 0.6 is 11.8 Å². The van der Waals surface area contributed by atoms with Crippen LogP contribution in [0.1, 0.15) is 36.7 Å². The van der Waals surface area contributed by atoms with E-state index in [1.807, 2.05) is 24.3 Å². The molecule has 1 heterocycles. The van der Waals surface area contributed by atoms with Gasteiger partial charge in [0.25, 0.3) is 0 Å². The molecular weight excluding hydrogens is 368 g/mol. The van der Waals surface area contributed by atoms with Crippen molar-refractivity contribution in [1.29, 1.82) is 0 Å². The van der Waals surface area contributed by atoms with Crippen LogP contribution in [-0.2, 0) is 16.4 Å². The molecule has 0 amide bonds. The van der Waals surface area contributed by atoms with Gasteiger partial charge in [0.05, 0.1) is 10.8 Å². The van der Waals surface area contributed by atoms with Crippen LogP contribution < -0.4 is 0 Å². The highest BCUT2D eigenvalue weighted by Crippen LogP contribution is 2.20. The van der Waals surface area contributed by atoms with Crippen LogP contribution in [0.15, 0.2) is 52.5 Å². The van der Waals surface area contributed by atoms with Gasteiger partial charge in [-0.15, -0.1) is 0 Å². The molecule has 5 nitrogen and oxygen atoms in total. The fourth-order valence-electron chi connectivity index (χ4n) is 2.47. The van der Waals surface area contributed by atoms with Gasteiger partial charge >= 0.3 is 0 Å². The van der Waals surface area contributed by atoms with Gasteiger partial charge in [-0.3, -0.25) is 4.79 Å². The maximum absolute atomic E-state index is 12.4. The number of carbonyl (C=O) groups excluding carboxylic acids is 1. The van der Waals surface area contributed by atoms with E-state index >= 15 is 0 Å². The first kappa shape index (κ1) is 20.6. The molecule has 0 aliphatic rings. The van der Waals surface area contributed by atoms with Gasteiger partial charge in [0.2, 0.25) is 10.0 Å². The summed E-state index contributed by atoms with van der Waals surface area (Å²) in [6, 6.07) is 10.8. The molecule has 7 heteroatoms. The lowest BCUT2D eigenvalue weighted by Crippen LogP contribution is -2.30. The number of hydrogen-bond donors (Lipinski definition) is 0. The zero-order chi connectivity index (χ0) is 19.2. The van der Waals surface area contributed by atoms with Crippen LogP contribution in [0.3, 0.4) is 0 Å². The summed E-state index contributed by atoms with van der Waals surface area (Å²) in [6.45, 7) is 6.51. The molecule has 1 aromatic carbocycles. The summed E-state index contributed by atoms with van der Waals surface area (Å²) in [5, 5.41) is 0.627. The van der Waals surface area contributed by atoms with E-state index in [9.17, 15) is 13.2 Å². The first-order valence-electron chi connectivity index (χ1n) is 8.63. The lowest BCUT2D eigenvalue weighted by atomic mass is 10.1. The smallest absolute Gasteiger partial charge is 0.244 e. The topological polar surface area (TPSA) is 67.3 Å². The third kappa shape index (κ3) is 4.93. The van der Waals surface area contributed by atoms with Gasteiger partial charge in [-0.1, -0.05) is 56.8 Å². The monoisotopic (exact) mass is 392 g/mol. The highest BCUT2D eigenvalue weighted by molar-refractivity contribution is 7.99. The number of Topliss-reactive ketones (excluding diaryl/α,β-unsaturated/α-hetero) is 1. The number of aromatic nitrogens is 1. The van der Waals surface area contributed by atoms with E-state index in [4.69, 9.17) is 0 Å². The van der Waals surface area contributed by atoms with Crippen molar-refractivity contribution < 1.29 is 13.2 Å². The van der Waals surface area contributed by atoms with E-state index < -0.39 is 10.0 Å². The maximum atomic E-state index is 12.4. The first-order chi connectivity index (χ1) is 12.4. The van der Waals surface area contributed by atoms with Crippen LogP contribution in [0.4, 0.5) is 0 Å². The predicted molar refractivity (Wildman–Crippen MR) is 105 cm³/mol. The second-order valence-electron chi connectivity index (χ2n) is 5.68. The number of pyridine rings is 1. The van der Waals surface area contributed by atoms with Crippen molar-refractivity contribution >= 4 is 27.6 Å². The zero-order valence-corrected chi connectivity index (χ0v) is 16.9. The number of thioether (sulfide) groups is 1. The Labute approximate surface area is 159 Å². The molecule has 0 N–H and O–H groups in total. The molecule has 140 valence electrons. The zero-order valence-electron chi connectivity index (χ0n) is 15.3. The Balaban J connectivity index is 2.01. The number of rotatable bonds is 9. The molecule has 0 atom stereocenters. The van der Waals surface area contributed by atoms with Gasteiger partial charge in [-0.05, 0) is 24.1 Å². The highest BCUT2D eigenvalue weighted by Gasteiger charge is 2.21. The molecule has 0 spiro atoms. The molecule has 2 aromatic rings. The van der Waals surface area contributed by atoms with E-state index in [1.54, 1.807) is 26.0 Å². The third-order valence-electron chi connectivity index (χ3n) is 4.09. The van der Waals surface area contributed by atoms with Crippen molar-refractivity contribution in [2.75, 3.05) is 18.8 Å². The Hall–Kier alpha value is -1.70. The quantitative estimate of drug-likeness (QED) is 0.481. The largest absolute Gasteiger partial charge is 0.293 e. The van der Waals surface area contributed by atoms with Crippen molar-refractivity contribution in [2.24, 2.45) is 0 Å². The molecule has 0 bridgehead atoms. The molecule has 0 unspecified atom stereocenters. The van der Waals surface area contributed by atoms with Crippen molar-refractivity contribution in [3.05, 3.63) is 53.7 Å². The molecular formula is C19H24N2O3S2.